The van der Waals surface area contributed by atoms with Crippen molar-refractivity contribution in [2.75, 3.05) is 0 Å². The van der Waals surface area contributed by atoms with E-state index in [4.69, 9.17) is 16.3 Å². The van der Waals surface area contributed by atoms with Crippen LogP contribution in [0.25, 0.3) is 0 Å². The molecule has 0 fully saturated rings. The molecule has 0 aliphatic carbocycles. The predicted octanol–water partition coefficient (Wildman–Crippen LogP) is 4.10. The molecule has 1 aromatic rings. The van der Waals surface area contributed by atoms with Gasteiger partial charge in [0.2, 0.25) is 0 Å². The quantitative estimate of drug-likeness (QED) is 0.878. The molecule has 0 saturated carbocycles. The van der Waals surface area contributed by atoms with Gasteiger partial charge in [0.05, 0.1) is 5.54 Å². The minimum Gasteiger partial charge on any atom is -0.444 e. The van der Waals surface area contributed by atoms with E-state index < -0.39 is 17.2 Å². The number of hydrogen-bond acceptors (Lipinski definition) is 2. The van der Waals surface area contributed by atoms with Crippen molar-refractivity contribution in [3.05, 3.63) is 34.9 Å². The SMILES string of the molecule is CC(C)(C)OC(=O)NC(C)(C)c1cccc(Cl)c1. The van der Waals surface area contributed by atoms with Crippen LogP contribution < -0.4 is 5.32 Å². The number of carbonyl (C=O) groups is 1. The molecule has 18 heavy (non-hydrogen) atoms. The smallest absolute Gasteiger partial charge is 0.408 e. The number of amides is 1. The first-order valence-corrected chi connectivity index (χ1v) is 6.25. The summed E-state index contributed by atoms with van der Waals surface area (Å²) in [6, 6.07) is 7.41. The molecular weight excluding hydrogens is 250 g/mol. The molecular formula is C14H20ClNO2. The van der Waals surface area contributed by atoms with Crippen LogP contribution in [0.3, 0.4) is 0 Å². The minimum absolute atomic E-state index is 0.438. The Bertz CT molecular complexity index is 436. The van der Waals surface area contributed by atoms with E-state index in [2.05, 4.69) is 5.32 Å². The Morgan fingerprint density at radius 2 is 1.83 bits per heavy atom. The number of rotatable bonds is 2. The van der Waals surface area contributed by atoms with Gasteiger partial charge < -0.3 is 10.1 Å². The van der Waals surface area contributed by atoms with Gasteiger partial charge >= 0.3 is 6.09 Å². The van der Waals surface area contributed by atoms with Gasteiger partial charge in [0.1, 0.15) is 5.60 Å². The standard InChI is InChI=1S/C14H20ClNO2/c1-13(2,3)18-12(17)16-14(4,5)10-7-6-8-11(15)9-10/h6-9H,1-5H3,(H,16,17). The maximum Gasteiger partial charge on any atom is 0.408 e. The van der Waals surface area contributed by atoms with Crippen LogP contribution in [0.2, 0.25) is 5.02 Å². The summed E-state index contributed by atoms with van der Waals surface area (Å²) in [6.45, 7) is 9.31. The van der Waals surface area contributed by atoms with Gasteiger partial charge in [-0.15, -0.1) is 0 Å². The summed E-state index contributed by atoms with van der Waals surface area (Å²) in [5.74, 6) is 0. The molecule has 0 aliphatic heterocycles. The van der Waals surface area contributed by atoms with E-state index in [1.165, 1.54) is 0 Å². The second-order valence-corrected chi connectivity index (χ2v) is 6.20. The van der Waals surface area contributed by atoms with Crippen molar-refractivity contribution >= 4 is 17.7 Å². The highest BCUT2D eigenvalue weighted by atomic mass is 35.5. The highest BCUT2D eigenvalue weighted by Gasteiger charge is 2.26. The van der Waals surface area contributed by atoms with Crippen molar-refractivity contribution in [1.29, 1.82) is 0 Å². The fraction of sp³-hybridized carbons (Fsp3) is 0.500. The number of ether oxygens (including phenoxy) is 1. The number of hydrogen-bond donors (Lipinski definition) is 1. The Morgan fingerprint density at radius 3 is 2.33 bits per heavy atom. The summed E-state index contributed by atoms with van der Waals surface area (Å²) in [5, 5.41) is 3.48. The van der Waals surface area contributed by atoms with Crippen molar-refractivity contribution < 1.29 is 9.53 Å². The van der Waals surface area contributed by atoms with Crippen molar-refractivity contribution in [2.24, 2.45) is 0 Å². The van der Waals surface area contributed by atoms with E-state index in [0.29, 0.717) is 5.02 Å². The summed E-state index contributed by atoms with van der Waals surface area (Å²) < 4.78 is 5.24. The minimum atomic E-state index is -0.534. The molecule has 4 heteroatoms. The summed E-state index contributed by atoms with van der Waals surface area (Å²) in [6.07, 6.45) is -0.438. The number of benzene rings is 1. The third-order valence-electron chi connectivity index (χ3n) is 2.36. The highest BCUT2D eigenvalue weighted by Crippen LogP contribution is 2.23. The zero-order valence-corrected chi connectivity index (χ0v) is 12.3. The summed E-state index contributed by atoms with van der Waals surface area (Å²) >= 11 is 5.95. The first kappa shape index (κ1) is 14.8. The molecule has 1 rings (SSSR count). The second-order valence-electron chi connectivity index (χ2n) is 5.76. The molecule has 1 N–H and O–H groups in total. The normalized spacial score (nSPS) is 12.1. The Balaban J connectivity index is 2.79. The summed E-state index contributed by atoms with van der Waals surface area (Å²) in [5.41, 5.74) is -0.109. The third kappa shape index (κ3) is 4.57. The molecule has 1 amide bonds. The average molecular weight is 270 g/mol. The first-order valence-electron chi connectivity index (χ1n) is 5.87. The molecule has 0 saturated heterocycles. The Morgan fingerprint density at radius 1 is 1.22 bits per heavy atom. The van der Waals surface area contributed by atoms with Crippen LogP contribution in [-0.2, 0) is 10.3 Å². The molecule has 0 aromatic heterocycles. The highest BCUT2D eigenvalue weighted by molar-refractivity contribution is 6.30. The Kier molecular flexibility index (Phi) is 4.28. The van der Waals surface area contributed by atoms with Crippen LogP contribution in [0.5, 0.6) is 0 Å². The summed E-state index contributed by atoms with van der Waals surface area (Å²) in [4.78, 5) is 11.8. The van der Waals surface area contributed by atoms with Crippen LogP contribution in [0.4, 0.5) is 4.79 Å². The maximum atomic E-state index is 11.8. The molecule has 0 bridgehead atoms. The maximum absolute atomic E-state index is 11.8. The van der Waals surface area contributed by atoms with Crippen LogP contribution in [-0.4, -0.2) is 11.7 Å². The number of alkyl carbamates (subject to hydrolysis) is 1. The molecule has 100 valence electrons. The van der Waals surface area contributed by atoms with Crippen LogP contribution >= 0.6 is 11.6 Å². The van der Waals surface area contributed by atoms with Crippen LogP contribution in [0.15, 0.2) is 24.3 Å². The first-order chi connectivity index (χ1) is 8.10. The van der Waals surface area contributed by atoms with Gasteiger partial charge in [-0.3, -0.25) is 0 Å². The Labute approximate surface area is 113 Å². The predicted molar refractivity (Wildman–Crippen MR) is 73.8 cm³/mol. The van der Waals surface area contributed by atoms with Gasteiger partial charge in [-0.2, -0.15) is 0 Å². The fourth-order valence-electron chi connectivity index (χ4n) is 1.51. The van der Waals surface area contributed by atoms with Crippen molar-refractivity contribution in [3.8, 4) is 0 Å². The molecule has 0 heterocycles. The van der Waals surface area contributed by atoms with Crippen LogP contribution in [0, 0.1) is 0 Å². The average Bonchev–Trinajstić information content (AvgIpc) is 2.13. The molecule has 3 nitrogen and oxygen atoms in total. The van der Waals surface area contributed by atoms with Gasteiger partial charge in [-0.25, -0.2) is 4.79 Å². The number of halogens is 1. The molecule has 0 radical (unpaired) electrons. The van der Waals surface area contributed by atoms with Crippen molar-refractivity contribution in [1.82, 2.24) is 5.32 Å². The molecule has 0 aliphatic rings. The zero-order valence-electron chi connectivity index (χ0n) is 11.5. The number of carbonyl (C=O) groups excluding carboxylic acids is 1. The lowest BCUT2D eigenvalue weighted by Gasteiger charge is -2.29. The van der Waals surface area contributed by atoms with Gasteiger partial charge in [-0.1, -0.05) is 23.7 Å². The monoisotopic (exact) mass is 269 g/mol. The lowest BCUT2D eigenvalue weighted by Crippen LogP contribution is -2.43. The largest absolute Gasteiger partial charge is 0.444 e. The topological polar surface area (TPSA) is 38.3 Å². The van der Waals surface area contributed by atoms with E-state index in [1.807, 2.05) is 52.8 Å². The van der Waals surface area contributed by atoms with Gasteiger partial charge in [-0.05, 0) is 52.3 Å². The van der Waals surface area contributed by atoms with Gasteiger partial charge in [0.15, 0.2) is 0 Å². The summed E-state index contributed by atoms with van der Waals surface area (Å²) in [7, 11) is 0. The van der Waals surface area contributed by atoms with E-state index in [0.717, 1.165) is 5.56 Å². The fourth-order valence-corrected chi connectivity index (χ4v) is 1.70. The zero-order chi connectivity index (χ0) is 14.0. The van der Waals surface area contributed by atoms with Crippen molar-refractivity contribution in [2.45, 2.75) is 45.8 Å². The lowest BCUT2D eigenvalue weighted by atomic mass is 9.95. The van der Waals surface area contributed by atoms with Crippen LogP contribution in [0.1, 0.15) is 40.2 Å². The molecule has 0 spiro atoms. The van der Waals surface area contributed by atoms with E-state index in [9.17, 15) is 4.79 Å². The van der Waals surface area contributed by atoms with E-state index in [-0.39, 0.29) is 0 Å². The van der Waals surface area contributed by atoms with Gasteiger partial charge in [0.25, 0.3) is 0 Å². The molecule has 1 aromatic carbocycles. The van der Waals surface area contributed by atoms with Crippen molar-refractivity contribution in [3.63, 3.8) is 0 Å². The number of nitrogens with one attached hydrogen (secondary N) is 1. The third-order valence-corrected chi connectivity index (χ3v) is 2.59. The molecule has 0 atom stereocenters. The van der Waals surface area contributed by atoms with E-state index >= 15 is 0 Å². The lowest BCUT2D eigenvalue weighted by molar-refractivity contribution is 0.0470. The Hall–Kier alpha value is -1.22. The molecule has 0 unspecified atom stereocenters. The second kappa shape index (κ2) is 5.19. The van der Waals surface area contributed by atoms with E-state index in [1.54, 1.807) is 6.07 Å². The van der Waals surface area contributed by atoms with Gasteiger partial charge in [0, 0.05) is 5.02 Å².